The topological polar surface area (TPSA) is 72.6 Å². The highest BCUT2D eigenvalue weighted by Gasteiger charge is 2.12. The normalized spacial score (nSPS) is 9.81. The molecule has 5 nitrogen and oxygen atoms in total. The lowest BCUT2D eigenvalue weighted by Crippen LogP contribution is -1.94. The molecule has 7 heteroatoms. The minimum absolute atomic E-state index is 0.0400. The lowest BCUT2D eigenvalue weighted by atomic mass is 10.3. The standard InChI is InChI=1S/C14H10ClNO4S/c15-13-7-11(3-4-14(13)16(18)19)20-8-12-6-10(9-21-12)2-1-5-17/h3-4,6-7,9,17H,5,8H2. The first kappa shape index (κ1) is 15.3. The molecule has 0 aliphatic carbocycles. The summed E-state index contributed by atoms with van der Waals surface area (Å²) in [5, 5.41) is 21.2. The number of nitrogens with zero attached hydrogens (tertiary/aromatic N) is 1. The van der Waals surface area contributed by atoms with Gasteiger partial charge in [0, 0.05) is 28.0 Å². The minimum atomic E-state index is -0.544. The maximum Gasteiger partial charge on any atom is 0.288 e. The number of benzene rings is 1. The molecule has 0 bridgehead atoms. The summed E-state index contributed by atoms with van der Waals surface area (Å²) < 4.78 is 5.53. The number of nitro benzene ring substituents is 1. The Morgan fingerprint density at radius 1 is 1.43 bits per heavy atom. The van der Waals surface area contributed by atoms with Crippen molar-refractivity contribution in [2.45, 2.75) is 6.61 Å². The quantitative estimate of drug-likeness (QED) is 0.532. The smallest absolute Gasteiger partial charge is 0.288 e. The molecule has 21 heavy (non-hydrogen) atoms. The van der Waals surface area contributed by atoms with Crippen LogP contribution in [0.2, 0.25) is 5.02 Å². The van der Waals surface area contributed by atoms with Crippen molar-refractivity contribution >= 4 is 28.6 Å². The molecular formula is C14H10ClNO4S. The Bertz CT molecular complexity index is 717. The number of halogens is 1. The van der Waals surface area contributed by atoms with Crippen LogP contribution in [0.25, 0.3) is 0 Å². The van der Waals surface area contributed by atoms with Crippen molar-refractivity contribution in [3.05, 3.63) is 55.2 Å². The Kier molecular flexibility index (Phi) is 5.17. The summed E-state index contributed by atoms with van der Waals surface area (Å²) in [5.41, 5.74) is 0.663. The number of rotatable bonds is 4. The zero-order chi connectivity index (χ0) is 15.2. The molecule has 0 radical (unpaired) electrons. The molecule has 0 spiro atoms. The van der Waals surface area contributed by atoms with E-state index in [-0.39, 0.29) is 17.3 Å². The first-order valence-corrected chi connectivity index (χ1v) is 7.10. The average Bonchev–Trinajstić information content (AvgIpc) is 2.90. The lowest BCUT2D eigenvalue weighted by Gasteiger charge is -2.04. The summed E-state index contributed by atoms with van der Waals surface area (Å²) in [7, 11) is 0. The molecule has 0 atom stereocenters. The van der Waals surface area contributed by atoms with Crippen LogP contribution in [0.3, 0.4) is 0 Å². The summed E-state index contributed by atoms with van der Waals surface area (Å²) >= 11 is 7.29. The van der Waals surface area contributed by atoms with E-state index in [1.54, 1.807) is 0 Å². The zero-order valence-electron chi connectivity index (χ0n) is 10.7. The van der Waals surface area contributed by atoms with E-state index in [0.29, 0.717) is 12.4 Å². The van der Waals surface area contributed by atoms with Gasteiger partial charge in [-0.15, -0.1) is 11.3 Å². The first-order chi connectivity index (χ1) is 10.1. The van der Waals surface area contributed by atoms with Crippen LogP contribution in [0.5, 0.6) is 5.75 Å². The second-order valence-corrected chi connectivity index (χ2v) is 5.32. The molecule has 0 unspecified atom stereocenters. The summed E-state index contributed by atoms with van der Waals surface area (Å²) in [6.07, 6.45) is 0. The van der Waals surface area contributed by atoms with Crippen molar-refractivity contribution in [1.82, 2.24) is 0 Å². The molecule has 0 amide bonds. The van der Waals surface area contributed by atoms with E-state index >= 15 is 0 Å². The number of aliphatic hydroxyl groups excluding tert-OH is 1. The number of hydrogen-bond acceptors (Lipinski definition) is 5. The van der Waals surface area contributed by atoms with Gasteiger partial charge in [0.15, 0.2) is 0 Å². The van der Waals surface area contributed by atoms with E-state index in [0.717, 1.165) is 10.4 Å². The molecule has 108 valence electrons. The molecule has 2 aromatic rings. The molecule has 2 rings (SSSR count). The summed E-state index contributed by atoms with van der Waals surface area (Å²) in [6, 6.07) is 6.09. The first-order valence-electron chi connectivity index (χ1n) is 5.84. The second kappa shape index (κ2) is 7.09. The van der Waals surface area contributed by atoms with Crippen LogP contribution in [0, 0.1) is 22.0 Å². The highest BCUT2D eigenvalue weighted by atomic mass is 35.5. The average molecular weight is 324 g/mol. The fourth-order valence-corrected chi connectivity index (χ4v) is 2.51. The van der Waals surface area contributed by atoms with Crippen LogP contribution < -0.4 is 4.74 Å². The predicted octanol–water partition coefficient (Wildman–Crippen LogP) is 3.23. The molecule has 1 heterocycles. The van der Waals surface area contributed by atoms with Crippen LogP contribution in [-0.4, -0.2) is 16.6 Å². The third kappa shape index (κ3) is 4.20. The van der Waals surface area contributed by atoms with Crippen LogP contribution in [0.1, 0.15) is 10.4 Å². The maximum atomic E-state index is 10.7. The van der Waals surface area contributed by atoms with Crippen LogP contribution in [0.4, 0.5) is 5.69 Å². The van der Waals surface area contributed by atoms with Gasteiger partial charge < -0.3 is 9.84 Å². The van der Waals surface area contributed by atoms with E-state index in [2.05, 4.69) is 11.8 Å². The number of nitro groups is 1. The molecule has 0 saturated heterocycles. The summed E-state index contributed by atoms with van der Waals surface area (Å²) in [4.78, 5) is 11.1. The van der Waals surface area contributed by atoms with Gasteiger partial charge in [0.2, 0.25) is 0 Å². The molecule has 0 aliphatic heterocycles. The largest absolute Gasteiger partial charge is 0.488 e. The number of thiophene rings is 1. The van der Waals surface area contributed by atoms with Gasteiger partial charge in [-0.3, -0.25) is 10.1 Å². The van der Waals surface area contributed by atoms with E-state index in [1.807, 2.05) is 11.4 Å². The zero-order valence-corrected chi connectivity index (χ0v) is 12.3. The van der Waals surface area contributed by atoms with Crippen LogP contribution >= 0.6 is 22.9 Å². The highest BCUT2D eigenvalue weighted by Crippen LogP contribution is 2.29. The predicted molar refractivity (Wildman–Crippen MR) is 80.7 cm³/mol. The van der Waals surface area contributed by atoms with Gasteiger partial charge in [-0.1, -0.05) is 23.4 Å². The van der Waals surface area contributed by atoms with Crippen LogP contribution in [-0.2, 0) is 6.61 Å². The number of aliphatic hydroxyl groups is 1. The van der Waals surface area contributed by atoms with E-state index in [9.17, 15) is 10.1 Å². The third-order valence-corrected chi connectivity index (χ3v) is 3.68. The van der Waals surface area contributed by atoms with Crippen molar-refractivity contribution in [2.24, 2.45) is 0 Å². The molecular weight excluding hydrogens is 314 g/mol. The van der Waals surface area contributed by atoms with Gasteiger partial charge in [-0.05, 0) is 12.1 Å². The van der Waals surface area contributed by atoms with E-state index < -0.39 is 4.92 Å². The fraction of sp³-hybridized carbons (Fsp3) is 0.143. The van der Waals surface area contributed by atoms with Crippen molar-refractivity contribution in [3.8, 4) is 17.6 Å². The Balaban J connectivity index is 2.01. The van der Waals surface area contributed by atoms with Gasteiger partial charge in [0.1, 0.15) is 24.0 Å². The van der Waals surface area contributed by atoms with Crippen molar-refractivity contribution in [3.63, 3.8) is 0 Å². The second-order valence-electron chi connectivity index (χ2n) is 3.92. The Morgan fingerprint density at radius 2 is 2.24 bits per heavy atom. The molecule has 1 N–H and O–H groups in total. The maximum absolute atomic E-state index is 10.7. The molecule has 1 aromatic carbocycles. The van der Waals surface area contributed by atoms with Gasteiger partial charge in [-0.2, -0.15) is 0 Å². The fourth-order valence-electron chi connectivity index (χ4n) is 1.54. The van der Waals surface area contributed by atoms with E-state index in [1.165, 1.54) is 29.5 Å². The highest BCUT2D eigenvalue weighted by molar-refractivity contribution is 7.10. The monoisotopic (exact) mass is 323 g/mol. The summed E-state index contributed by atoms with van der Waals surface area (Å²) in [6.45, 7) is 0.141. The Hall–Kier alpha value is -2.07. The van der Waals surface area contributed by atoms with Gasteiger partial charge in [0.25, 0.3) is 5.69 Å². The van der Waals surface area contributed by atoms with Gasteiger partial charge in [-0.25, -0.2) is 0 Å². The van der Waals surface area contributed by atoms with Gasteiger partial charge >= 0.3 is 0 Å². The molecule has 1 aromatic heterocycles. The molecule has 0 saturated carbocycles. The minimum Gasteiger partial charge on any atom is -0.488 e. The lowest BCUT2D eigenvalue weighted by molar-refractivity contribution is -0.384. The Labute approximate surface area is 129 Å². The third-order valence-electron chi connectivity index (χ3n) is 2.46. The van der Waals surface area contributed by atoms with Crippen molar-refractivity contribution in [2.75, 3.05) is 6.61 Å². The number of hydrogen-bond donors (Lipinski definition) is 1. The molecule has 0 fully saturated rings. The van der Waals surface area contributed by atoms with Crippen molar-refractivity contribution in [1.29, 1.82) is 0 Å². The molecule has 0 aliphatic rings. The van der Waals surface area contributed by atoms with Gasteiger partial charge in [0.05, 0.1) is 4.92 Å². The number of ether oxygens (including phenoxy) is 1. The van der Waals surface area contributed by atoms with E-state index in [4.69, 9.17) is 21.4 Å². The summed E-state index contributed by atoms with van der Waals surface area (Å²) in [5.74, 6) is 5.83. The Morgan fingerprint density at radius 3 is 2.90 bits per heavy atom. The van der Waals surface area contributed by atoms with Crippen molar-refractivity contribution < 1.29 is 14.8 Å². The SMILES string of the molecule is O=[N+]([O-])c1ccc(OCc2cc(C#CCO)cs2)cc1Cl. The van der Waals surface area contributed by atoms with Crippen LogP contribution in [0.15, 0.2) is 29.6 Å².